The van der Waals surface area contributed by atoms with Gasteiger partial charge in [-0.1, -0.05) is 29.8 Å². The molecule has 6 nitrogen and oxygen atoms in total. The van der Waals surface area contributed by atoms with E-state index in [0.29, 0.717) is 27.9 Å². The summed E-state index contributed by atoms with van der Waals surface area (Å²) < 4.78 is 55.4. The molecule has 1 aliphatic rings. The molecule has 0 saturated carbocycles. The van der Waals surface area contributed by atoms with E-state index in [4.69, 9.17) is 11.6 Å². The van der Waals surface area contributed by atoms with Crippen LogP contribution in [0.25, 0.3) is 0 Å². The van der Waals surface area contributed by atoms with Crippen molar-refractivity contribution in [3.63, 3.8) is 0 Å². The Kier molecular flexibility index (Phi) is 5.67. The quantitative estimate of drug-likeness (QED) is 0.589. The Labute approximate surface area is 185 Å². The van der Waals surface area contributed by atoms with Gasteiger partial charge in [-0.3, -0.25) is 4.72 Å². The van der Waals surface area contributed by atoms with Crippen LogP contribution in [-0.2, 0) is 33.0 Å². The maximum absolute atomic E-state index is 12.8. The Morgan fingerprint density at radius 2 is 1.83 bits per heavy atom. The molecule has 4 rings (SSSR count). The number of fused-ring (bicyclic) bond motifs is 1. The topological polar surface area (TPSA) is 83.6 Å². The van der Waals surface area contributed by atoms with Crippen LogP contribution in [0.3, 0.4) is 0 Å². The first-order valence-corrected chi connectivity index (χ1v) is 13.3. The molecule has 0 aliphatic carbocycles. The molecule has 30 heavy (non-hydrogen) atoms. The fourth-order valence-electron chi connectivity index (χ4n) is 3.29. The summed E-state index contributed by atoms with van der Waals surface area (Å²) in [5.41, 5.74) is 2.95. The molecule has 10 heteroatoms. The van der Waals surface area contributed by atoms with E-state index < -0.39 is 20.0 Å². The molecule has 0 atom stereocenters. The lowest BCUT2D eigenvalue weighted by Gasteiger charge is -2.28. The minimum absolute atomic E-state index is 0.0673. The van der Waals surface area contributed by atoms with Gasteiger partial charge in [0, 0.05) is 23.8 Å². The average Bonchev–Trinajstić information content (AvgIpc) is 3.25. The number of hydrogen-bond acceptors (Lipinski definition) is 5. The van der Waals surface area contributed by atoms with Crippen molar-refractivity contribution < 1.29 is 16.8 Å². The van der Waals surface area contributed by atoms with Crippen molar-refractivity contribution >= 4 is 48.7 Å². The number of halogens is 1. The molecular formula is C20H19ClN2O4S3. The Bertz CT molecular complexity index is 1300. The van der Waals surface area contributed by atoms with Crippen molar-refractivity contribution in [3.8, 4) is 0 Å². The zero-order chi connectivity index (χ0) is 21.5. The smallest absolute Gasteiger partial charge is 0.261 e. The molecule has 1 aromatic heterocycles. The number of thiophene rings is 1. The lowest BCUT2D eigenvalue weighted by atomic mass is 10.0. The van der Waals surface area contributed by atoms with Crippen LogP contribution in [0.2, 0.25) is 5.02 Å². The molecule has 0 radical (unpaired) electrons. The van der Waals surface area contributed by atoms with Crippen LogP contribution in [0.15, 0.2) is 63.0 Å². The van der Waals surface area contributed by atoms with Gasteiger partial charge in [-0.05, 0) is 65.7 Å². The number of anilines is 1. The second-order valence-electron chi connectivity index (χ2n) is 7.02. The molecule has 3 aromatic rings. The van der Waals surface area contributed by atoms with E-state index >= 15 is 0 Å². The summed E-state index contributed by atoms with van der Waals surface area (Å²) in [4.78, 5) is 0.0673. The molecule has 0 saturated heterocycles. The predicted molar refractivity (Wildman–Crippen MR) is 119 cm³/mol. The molecular weight excluding hydrogens is 464 g/mol. The standard InChI is InChI=1S/C20H19ClN2O4S3/c1-14-4-7-18(12-19(14)21)29(24,25)22-17-6-5-15-8-9-23(13-16(15)11-17)30(26,27)20-3-2-10-28-20/h2-7,10-12,22H,8-9,13H2,1H3. The largest absolute Gasteiger partial charge is 0.280 e. The summed E-state index contributed by atoms with van der Waals surface area (Å²) in [6.45, 7) is 2.38. The Balaban J connectivity index is 1.59. The van der Waals surface area contributed by atoms with Crippen molar-refractivity contribution in [2.75, 3.05) is 11.3 Å². The molecule has 1 N–H and O–H groups in total. The van der Waals surface area contributed by atoms with E-state index in [-0.39, 0.29) is 11.4 Å². The van der Waals surface area contributed by atoms with Crippen LogP contribution < -0.4 is 4.72 Å². The Morgan fingerprint density at radius 1 is 1.03 bits per heavy atom. The highest BCUT2D eigenvalue weighted by molar-refractivity contribution is 7.92. The van der Waals surface area contributed by atoms with Gasteiger partial charge >= 0.3 is 0 Å². The number of sulfonamides is 2. The van der Waals surface area contributed by atoms with Crippen LogP contribution in [0.5, 0.6) is 0 Å². The van der Waals surface area contributed by atoms with Crippen LogP contribution >= 0.6 is 22.9 Å². The van der Waals surface area contributed by atoms with Crippen LogP contribution in [0.4, 0.5) is 5.69 Å². The summed E-state index contributed by atoms with van der Waals surface area (Å²) in [6.07, 6.45) is 0.570. The predicted octanol–water partition coefficient (Wildman–Crippen LogP) is 4.26. The van der Waals surface area contributed by atoms with Gasteiger partial charge < -0.3 is 0 Å². The summed E-state index contributed by atoms with van der Waals surface area (Å²) in [6, 6.07) is 13.1. The lowest BCUT2D eigenvalue weighted by Crippen LogP contribution is -2.35. The minimum atomic E-state index is -3.82. The summed E-state index contributed by atoms with van der Waals surface area (Å²) in [7, 11) is -7.38. The van der Waals surface area contributed by atoms with Gasteiger partial charge in [0.25, 0.3) is 20.0 Å². The first-order valence-electron chi connectivity index (χ1n) is 9.11. The van der Waals surface area contributed by atoms with Crippen LogP contribution in [-0.4, -0.2) is 27.7 Å². The average molecular weight is 483 g/mol. The van der Waals surface area contributed by atoms with Crippen molar-refractivity contribution in [1.29, 1.82) is 0 Å². The SMILES string of the molecule is Cc1ccc(S(=O)(=O)Nc2ccc3c(c2)CN(S(=O)(=O)c2cccs2)CC3)cc1Cl. The van der Waals surface area contributed by atoms with Crippen molar-refractivity contribution in [2.45, 2.75) is 29.0 Å². The van der Waals surface area contributed by atoms with Gasteiger partial charge in [-0.25, -0.2) is 16.8 Å². The zero-order valence-corrected chi connectivity index (χ0v) is 19.2. The Morgan fingerprint density at radius 3 is 2.53 bits per heavy atom. The number of hydrogen-bond donors (Lipinski definition) is 1. The second kappa shape index (κ2) is 7.97. The summed E-state index contributed by atoms with van der Waals surface area (Å²) in [5.74, 6) is 0. The van der Waals surface area contributed by atoms with Gasteiger partial charge in [-0.15, -0.1) is 11.3 Å². The monoisotopic (exact) mass is 482 g/mol. The van der Waals surface area contributed by atoms with Gasteiger partial charge in [-0.2, -0.15) is 4.31 Å². The highest BCUT2D eigenvalue weighted by Crippen LogP contribution is 2.29. The third-order valence-corrected chi connectivity index (χ3v) is 9.98. The van der Waals surface area contributed by atoms with Crippen molar-refractivity contribution in [3.05, 3.63) is 75.6 Å². The maximum atomic E-state index is 12.8. The molecule has 2 heterocycles. The van der Waals surface area contributed by atoms with Gasteiger partial charge in [0.05, 0.1) is 4.90 Å². The van der Waals surface area contributed by atoms with Crippen LogP contribution in [0, 0.1) is 6.92 Å². The first-order chi connectivity index (χ1) is 14.2. The highest BCUT2D eigenvalue weighted by atomic mass is 35.5. The highest BCUT2D eigenvalue weighted by Gasteiger charge is 2.29. The minimum Gasteiger partial charge on any atom is -0.280 e. The number of rotatable bonds is 5. The molecule has 0 bridgehead atoms. The van der Waals surface area contributed by atoms with E-state index in [1.807, 2.05) is 6.07 Å². The van der Waals surface area contributed by atoms with E-state index in [1.165, 1.54) is 27.8 Å². The summed E-state index contributed by atoms with van der Waals surface area (Å²) >= 11 is 7.25. The van der Waals surface area contributed by atoms with Gasteiger partial charge in [0.1, 0.15) is 4.21 Å². The van der Waals surface area contributed by atoms with Crippen molar-refractivity contribution in [1.82, 2.24) is 4.31 Å². The first kappa shape index (κ1) is 21.3. The number of nitrogens with zero attached hydrogens (tertiary/aromatic N) is 1. The molecule has 158 valence electrons. The number of aryl methyl sites for hydroxylation is 1. The molecule has 1 aliphatic heterocycles. The third kappa shape index (κ3) is 4.13. The second-order valence-corrected chi connectivity index (χ2v) is 12.2. The molecule has 0 amide bonds. The molecule has 0 spiro atoms. The van der Waals surface area contributed by atoms with E-state index in [1.54, 1.807) is 42.6 Å². The van der Waals surface area contributed by atoms with Crippen molar-refractivity contribution in [2.24, 2.45) is 0 Å². The molecule has 0 fully saturated rings. The van der Waals surface area contributed by atoms with Gasteiger partial charge in [0.15, 0.2) is 0 Å². The van der Waals surface area contributed by atoms with E-state index in [0.717, 1.165) is 16.7 Å². The number of benzene rings is 2. The fourth-order valence-corrected chi connectivity index (χ4v) is 7.18. The third-order valence-electron chi connectivity index (χ3n) is 4.98. The normalized spacial score (nSPS) is 15.0. The zero-order valence-electron chi connectivity index (χ0n) is 16.0. The van der Waals surface area contributed by atoms with E-state index in [9.17, 15) is 16.8 Å². The fraction of sp³-hybridized carbons (Fsp3) is 0.200. The van der Waals surface area contributed by atoms with E-state index in [2.05, 4.69) is 4.72 Å². The number of nitrogens with one attached hydrogen (secondary N) is 1. The lowest BCUT2D eigenvalue weighted by molar-refractivity contribution is 0.392. The van der Waals surface area contributed by atoms with Gasteiger partial charge in [0.2, 0.25) is 0 Å². The molecule has 0 unspecified atom stereocenters. The molecule has 2 aromatic carbocycles. The Hall–Kier alpha value is -1.91. The summed E-state index contributed by atoms with van der Waals surface area (Å²) in [5, 5.41) is 2.10. The maximum Gasteiger partial charge on any atom is 0.261 e. The van der Waals surface area contributed by atoms with Crippen LogP contribution in [0.1, 0.15) is 16.7 Å².